The van der Waals surface area contributed by atoms with E-state index in [1.807, 2.05) is 0 Å². The quantitative estimate of drug-likeness (QED) is 0.150. The lowest BCUT2D eigenvalue weighted by atomic mass is 10.1. The number of carbonyl (C=O) groups is 1. The molecule has 4 heteroatoms. The van der Waals surface area contributed by atoms with Crippen molar-refractivity contribution in [1.82, 2.24) is 0 Å². The monoisotopic (exact) mass is 380 g/mol. The highest BCUT2D eigenvalue weighted by atomic mass is 17.2. The Morgan fingerprint density at radius 2 is 1.36 bits per heavy atom. The van der Waals surface area contributed by atoms with E-state index in [1.165, 1.54) is 32.1 Å². The average molecular weight is 380 g/mol. The van der Waals surface area contributed by atoms with E-state index in [2.05, 4.69) is 65.3 Å². The summed E-state index contributed by atoms with van der Waals surface area (Å²) < 4.78 is 5.18. The molecule has 0 saturated carbocycles. The van der Waals surface area contributed by atoms with Crippen molar-refractivity contribution in [3.8, 4) is 59.9 Å². The van der Waals surface area contributed by atoms with Gasteiger partial charge in [0.25, 0.3) is 0 Å². The summed E-state index contributed by atoms with van der Waals surface area (Å²) in [5.74, 6) is 19.0. The summed E-state index contributed by atoms with van der Waals surface area (Å²) in [4.78, 5) is 21.1. The van der Waals surface area contributed by atoms with Crippen LogP contribution in [0.15, 0.2) is 0 Å². The maximum absolute atomic E-state index is 11.6. The van der Waals surface area contributed by atoms with E-state index >= 15 is 0 Å². The molecular formula is C24H28O4. The van der Waals surface area contributed by atoms with Gasteiger partial charge in [0.1, 0.15) is 0 Å². The predicted octanol–water partition coefficient (Wildman–Crippen LogP) is 4.00. The summed E-state index contributed by atoms with van der Waals surface area (Å²) in [7, 11) is 0. The molecule has 0 unspecified atom stereocenters. The maximum Gasteiger partial charge on any atom is 0.305 e. The van der Waals surface area contributed by atoms with Crippen molar-refractivity contribution in [2.45, 2.75) is 71.1 Å². The first-order valence-electron chi connectivity index (χ1n) is 9.71. The Hall–Kier alpha value is -2.97. The molecule has 148 valence electrons. The summed E-state index contributed by atoms with van der Waals surface area (Å²) >= 11 is 0. The topological polar surface area (TPSA) is 44.8 Å². The molecule has 0 atom stereocenters. The number of rotatable bonds is 14. The summed E-state index contributed by atoms with van der Waals surface area (Å²) in [5.41, 5.74) is 0. The minimum absolute atomic E-state index is 0.122. The highest BCUT2D eigenvalue weighted by Crippen LogP contribution is 2.08. The molecule has 0 aliphatic rings. The second-order valence-electron chi connectivity index (χ2n) is 5.83. The van der Waals surface area contributed by atoms with Crippen molar-refractivity contribution in [2.75, 3.05) is 13.2 Å². The van der Waals surface area contributed by atoms with Gasteiger partial charge in [0.15, 0.2) is 6.11 Å². The first kappa shape index (κ1) is 25.0. The van der Waals surface area contributed by atoms with Crippen molar-refractivity contribution in [2.24, 2.45) is 0 Å². The van der Waals surface area contributed by atoms with Gasteiger partial charge in [0.2, 0.25) is 0 Å². The Kier molecular flexibility index (Phi) is 19.7. The largest absolute Gasteiger partial charge is 0.466 e. The third kappa shape index (κ3) is 21.1. The van der Waals surface area contributed by atoms with E-state index in [1.54, 1.807) is 0 Å². The van der Waals surface area contributed by atoms with Crippen molar-refractivity contribution in [3.63, 3.8) is 0 Å². The minimum Gasteiger partial charge on any atom is -0.466 e. The van der Waals surface area contributed by atoms with Gasteiger partial charge in [-0.15, -0.1) is 6.42 Å². The summed E-state index contributed by atoms with van der Waals surface area (Å²) in [6.45, 7) is 2.97. The number of hydrogen-bond acceptors (Lipinski definition) is 4. The van der Waals surface area contributed by atoms with Crippen LogP contribution >= 0.6 is 0 Å². The van der Waals surface area contributed by atoms with Gasteiger partial charge >= 0.3 is 5.97 Å². The lowest BCUT2D eigenvalue weighted by molar-refractivity contribution is -0.237. The Balaban J connectivity index is 3.45. The molecular weight excluding hydrogens is 352 g/mol. The fourth-order valence-corrected chi connectivity index (χ4v) is 2.06. The highest BCUT2D eigenvalue weighted by Gasteiger charge is 2.02. The van der Waals surface area contributed by atoms with Crippen LogP contribution < -0.4 is 0 Å². The fraction of sp³-hybridized carbons (Fsp3) is 0.542. The molecule has 0 N–H and O–H groups in total. The molecule has 4 nitrogen and oxygen atoms in total. The molecule has 0 radical (unpaired) electrons. The normalized spacial score (nSPS) is 8.29. The summed E-state index contributed by atoms with van der Waals surface area (Å²) in [6.07, 6.45) is 17.5. The van der Waals surface area contributed by atoms with Gasteiger partial charge in [0, 0.05) is 30.1 Å². The number of hydrogen-bond donors (Lipinski definition) is 0. The standard InChI is InChI=1S/C24H28O4/c1-3-5-7-9-11-13-15-17-22-27-28-23-19-18-21-26-24(25)20-16-14-12-10-8-6-4-2/h1H,4,6,8,10,12,14,16,18-21,23H2,2H3. The van der Waals surface area contributed by atoms with Crippen LogP contribution in [-0.4, -0.2) is 19.2 Å². The Morgan fingerprint density at radius 3 is 2.07 bits per heavy atom. The molecule has 28 heavy (non-hydrogen) atoms. The third-order valence-corrected chi connectivity index (χ3v) is 3.47. The van der Waals surface area contributed by atoms with Crippen molar-refractivity contribution >= 4 is 5.97 Å². The summed E-state index contributed by atoms with van der Waals surface area (Å²) in [5, 5.41) is 0. The van der Waals surface area contributed by atoms with Gasteiger partial charge in [-0.2, -0.15) is 4.89 Å². The molecule has 0 fully saturated rings. The minimum atomic E-state index is -0.122. The molecule has 0 bridgehead atoms. The average Bonchev–Trinajstić information content (AvgIpc) is 2.70. The smallest absolute Gasteiger partial charge is 0.305 e. The van der Waals surface area contributed by atoms with E-state index in [4.69, 9.17) is 16.0 Å². The van der Waals surface area contributed by atoms with Gasteiger partial charge in [-0.25, -0.2) is 0 Å². The molecule has 0 spiro atoms. The third-order valence-electron chi connectivity index (χ3n) is 3.47. The predicted molar refractivity (Wildman–Crippen MR) is 110 cm³/mol. The van der Waals surface area contributed by atoms with Crippen LogP contribution in [-0.2, 0) is 19.3 Å². The SMILES string of the molecule is C#CC#CC#CC#CC#COOCCCCOC(=O)CCCCCCCCC. The highest BCUT2D eigenvalue weighted by molar-refractivity contribution is 5.69. The van der Waals surface area contributed by atoms with Crippen LogP contribution in [0.2, 0.25) is 0 Å². The lowest BCUT2D eigenvalue weighted by Gasteiger charge is -2.04. The van der Waals surface area contributed by atoms with Crippen molar-refractivity contribution < 1.29 is 19.3 Å². The number of terminal acetylenes is 1. The molecule has 0 aromatic rings. The molecule has 0 aromatic heterocycles. The van der Waals surface area contributed by atoms with Crippen LogP contribution in [0.5, 0.6) is 0 Å². The van der Waals surface area contributed by atoms with Gasteiger partial charge in [0.05, 0.1) is 13.2 Å². The van der Waals surface area contributed by atoms with Crippen LogP contribution in [0, 0.1) is 59.9 Å². The van der Waals surface area contributed by atoms with E-state index in [-0.39, 0.29) is 5.97 Å². The first-order valence-corrected chi connectivity index (χ1v) is 9.71. The number of unbranched alkanes of at least 4 members (excludes halogenated alkanes) is 7. The van der Waals surface area contributed by atoms with Crippen LogP contribution in [0.4, 0.5) is 0 Å². The van der Waals surface area contributed by atoms with Crippen molar-refractivity contribution in [1.29, 1.82) is 0 Å². The van der Waals surface area contributed by atoms with Crippen LogP contribution in [0.3, 0.4) is 0 Å². The Bertz CT molecular complexity index is 699. The van der Waals surface area contributed by atoms with E-state index in [0.717, 1.165) is 12.8 Å². The number of carbonyl (C=O) groups excluding carboxylic acids is 1. The zero-order valence-electron chi connectivity index (χ0n) is 16.7. The van der Waals surface area contributed by atoms with Crippen LogP contribution in [0.1, 0.15) is 71.1 Å². The van der Waals surface area contributed by atoms with E-state index in [0.29, 0.717) is 32.5 Å². The molecule has 0 aromatic carbocycles. The number of esters is 1. The fourth-order valence-electron chi connectivity index (χ4n) is 2.06. The van der Waals surface area contributed by atoms with Gasteiger partial charge in [-0.3, -0.25) is 9.68 Å². The molecule has 0 rings (SSSR count). The zero-order chi connectivity index (χ0) is 20.5. The van der Waals surface area contributed by atoms with Gasteiger partial charge in [-0.05, 0) is 42.9 Å². The van der Waals surface area contributed by atoms with Crippen LogP contribution in [0.25, 0.3) is 0 Å². The summed E-state index contributed by atoms with van der Waals surface area (Å²) in [6, 6.07) is 0. The second-order valence-corrected chi connectivity index (χ2v) is 5.83. The second kappa shape index (κ2) is 22.1. The van der Waals surface area contributed by atoms with Gasteiger partial charge in [-0.1, -0.05) is 45.4 Å². The van der Waals surface area contributed by atoms with E-state index < -0.39 is 0 Å². The zero-order valence-corrected chi connectivity index (χ0v) is 16.7. The molecule has 0 saturated heterocycles. The maximum atomic E-state index is 11.6. The Labute approximate surface area is 170 Å². The molecule has 0 heterocycles. The Morgan fingerprint density at radius 1 is 0.750 bits per heavy atom. The van der Waals surface area contributed by atoms with E-state index in [9.17, 15) is 4.79 Å². The van der Waals surface area contributed by atoms with Gasteiger partial charge < -0.3 is 4.74 Å². The number of ether oxygens (including phenoxy) is 1. The molecule has 0 amide bonds. The van der Waals surface area contributed by atoms with Crippen molar-refractivity contribution in [3.05, 3.63) is 0 Å². The lowest BCUT2D eigenvalue weighted by Crippen LogP contribution is -2.06. The first-order chi connectivity index (χ1) is 13.8. The molecule has 0 aliphatic carbocycles. The molecule has 0 aliphatic heterocycles.